The number of anilines is 1. The van der Waals surface area contributed by atoms with E-state index in [0.29, 0.717) is 16.8 Å². The number of carbonyl (C=O) groups excluding carboxylic acids is 2. The molecular weight excluding hydrogens is 452 g/mol. The second kappa shape index (κ2) is 9.11. The topological polar surface area (TPSA) is 115 Å². The zero-order valence-electron chi connectivity index (χ0n) is 19.0. The lowest BCUT2D eigenvalue weighted by atomic mass is 9.98. The summed E-state index contributed by atoms with van der Waals surface area (Å²) in [4.78, 5) is 32.0. The van der Waals surface area contributed by atoms with Crippen LogP contribution in [0.4, 0.5) is 5.69 Å². The molecule has 9 heteroatoms. The van der Waals surface area contributed by atoms with Gasteiger partial charge in [0.05, 0.1) is 31.7 Å². The van der Waals surface area contributed by atoms with Crippen molar-refractivity contribution in [1.82, 2.24) is 4.98 Å². The van der Waals surface area contributed by atoms with Crippen molar-refractivity contribution in [3.05, 3.63) is 95.4 Å². The molecule has 4 heterocycles. The predicted molar refractivity (Wildman–Crippen MR) is 124 cm³/mol. The van der Waals surface area contributed by atoms with Crippen molar-refractivity contribution in [2.75, 3.05) is 19.1 Å². The summed E-state index contributed by atoms with van der Waals surface area (Å²) < 4.78 is 21.3. The summed E-state index contributed by atoms with van der Waals surface area (Å²) in [6, 6.07) is 14.1. The van der Waals surface area contributed by atoms with E-state index in [-0.39, 0.29) is 29.3 Å². The van der Waals surface area contributed by atoms with Crippen LogP contribution in [0.3, 0.4) is 0 Å². The van der Waals surface area contributed by atoms with Gasteiger partial charge in [0.15, 0.2) is 5.76 Å². The summed E-state index contributed by atoms with van der Waals surface area (Å²) in [6.07, 6.45) is 3.35. The fourth-order valence-corrected chi connectivity index (χ4v) is 4.44. The number of aliphatic hydroxyl groups excluding tert-OH is 1. The molecule has 0 unspecified atom stereocenters. The van der Waals surface area contributed by atoms with Crippen molar-refractivity contribution >= 4 is 17.6 Å². The van der Waals surface area contributed by atoms with Crippen molar-refractivity contribution in [3.63, 3.8) is 0 Å². The molecule has 5 rings (SSSR count). The minimum atomic E-state index is -1.10. The van der Waals surface area contributed by atoms with Crippen LogP contribution in [-0.2, 0) is 16.0 Å². The molecule has 0 spiro atoms. The van der Waals surface area contributed by atoms with Crippen LogP contribution in [0, 0.1) is 0 Å². The molecule has 0 aliphatic carbocycles. The van der Waals surface area contributed by atoms with E-state index >= 15 is 0 Å². The van der Waals surface area contributed by atoms with Gasteiger partial charge in [0, 0.05) is 18.3 Å². The van der Waals surface area contributed by atoms with Gasteiger partial charge in [-0.1, -0.05) is 36.4 Å². The first-order valence-electron chi connectivity index (χ1n) is 10.8. The Kier molecular flexibility index (Phi) is 5.84. The summed E-state index contributed by atoms with van der Waals surface area (Å²) in [5, 5.41) is 11.6. The molecule has 3 aromatic heterocycles. The predicted octanol–water partition coefficient (Wildman–Crippen LogP) is 4.30. The van der Waals surface area contributed by atoms with E-state index in [1.165, 1.54) is 26.7 Å². The number of hydrogen-bond donors (Lipinski definition) is 1. The number of hydrogen-bond acceptors (Lipinski definition) is 9. The largest absolute Gasteiger partial charge is 0.471 e. The van der Waals surface area contributed by atoms with Crippen LogP contribution in [0.25, 0.3) is 11.3 Å². The Bertz CT molecular complexity index is 1360. The normalized spacial score (nSPS) is 16.7. The number of pyridine rings is 1. The molecule has 35 heavy (non-hydrogen) atoms. The van der Waals surface area contributed by atoms with E-state index < -0.39 is 24.1 Å². The average molecular weight is 474 g/mol. The second-order valence-electron chi connectivity index (χ2n) is 7.97. The summed E-state index contributed by atoms with van der Waals surface area (Å²) >= 11 is 0. The van der Waals surface area contributed by atoms with Gasteiger partial charge in [0.2, 0.25) is 5.76 Å². The van der Waals surface area contributed by atoms with E-state index in [0.717, 1.165) is 5.56 Å². The maximum atomic E-state index is 13.1. The Hall–Kier alpha value is -4.37. The number of aliphatic hydroxyl groups is 1. The number of ether oxygens (including phenoxy) is 2. The third-order valence-corrected chi connectivity index (χ3v) is 6.01. The Morgan fingerprint density at radius 3 is 2.46 bits per heavy atom. The summed E-state index contributed by atoms with van der Waals surface area (Å²) in [6.45, 7) is 0.262. The average Bonchev–Trinajstić information content (AvgIpc) is 3.52. The molecule has 1 aromatic carbocycles. The Morgan fingerprint density at radius 2 is 1.77 bits per heavy atom. The van der Waals surface area contributed by atoms with Crippen LogP contribution >= 0.6 is 0 Å². The molecule has 1 N–H and O–H groups in total. The lowest BCUT2D eigenvalue weighted by Gasteiger charge is -2.34. The van der Waals surface area contributed by atoms with Gasteiger partial charge in [0.25, 0.3) is 0 Å². The molecule has 1 aliphatic rings. The van der Waals surface area contributed by atoms with Crippen molar-refractivity contribution in [2.45, 2.75) is 18.7 Å². The highest BCUT2D eigenvalue weighted by molar-refractivity contribution is 6.09. The molecule has 0 fully saturated rings. The van der Waals surface area contributed by atoms with Crippen LogP contribution in [0.1, 0.15) is 49.9 Å². The van der Waals surface area contributed by atoms with E-state index in [4.69, 9.17) is 18.3 Å². The van der Waals surface area contributed by atoms with Gasteiger partial charge >= 0.3 is 11.9 Å². The minimum absolute atomic E-state index is 0.104. The number of carbonyl (C=O) groups is 2. The first kappa shape index (κ1) is 22.4. The first-order valence-corrected chi connectivity index (χ1v) is 10.8. The van der Waals surface area contributed by atoms with Crippen LogP contribution < -0.4 is 4.90 Å². The second-order valence-corrected chi connectivity index (χ2v) is 7.97. The summed E-state index contributed by atoms with van der Waals surface area (Å²) in [5.41, 5.74) is 2.45. The molecule has 9 nitrogen and oxygen atoms in total. The van der Waals surface area contributed by atoms with Gasteiger partial charge in [-0.2, -0.15) is 0 Å². The number of nitrogens with zero attached hydrogens (tertiary/aromatic N) is 2. The van der Waals surface area contributed by atoms with Crippen LogP contribution in [0.5, 0.6) is 0 Å². The number of fused-ring (bicyclic) bond motifs is 3. The molecule has 4 aromatic rings. The van der Waals surface area contributed by atoms with Gasteiger partial charge in [-0.25, -0.2) is 9.59 Å². The lowest BCUT2D eigenvalue weighted by molar-refractivity contribution is 0.0529. The van der Waals surface area contributed by atoms with E-state index in [1.807, 2.05) is 36.4 Å². The Labute approximate surface area is 200 Å². The number of furan rings is 2. The van der Waals surface area contributed by atoms with Crippen molar-refractivity contribution in [1.29, 1.82) is 0 Å². The number of aromatic nitrogens is 1. The number of rotatable bonds is 5. The minimum Gasteiger partial charge on any atom is -0.471 e. The van der Waals surface area contributed by atoms with Crippen LogP contribution in [0.15, 0.2) is 76.1 Å². The van der Waals surface area contributed by atoms with Gasteiger partial charge in [-0.15, -0.1) is 0 Å². The van der Waals surface area contributed by atoms with Crippen molar-refractivity contribution in [2.24, 2.45) is 0 Å². The molecule has 178 valence electrons. The molecule has 1 aliphatic heterocycles. The van der Waals surface area contributed by atoms with Gasteiger partial charge < -0.3 is 28.3 Å². The highest BCUT2D eigenvalue weighted by atomic mass is 16.5. The van der Waals surface area contributed by atoms with Gasteiger partial charge in [-0.3, -0.25) is 4.98 Å². The zero-order valence-corrected chi connectivity index (χ0v) is 19.0. The van der Waals surface area contributed by atoms with Crippen molar-refractivity contribution in [3.8, 4) is 11.3 Å². The summed E-state index contributed by atoms with van der Waals surface area (Å²) in [7, 11) is 2.41. The fraction of sp³-hybridized carbons (Fsp3) is 0.192. The molecule has 0 saturated heterocycles. The molecule has 0 bridgehead atoms. The Balaban J connectivity index is 1.85. The highest BCUT2D eigenvalue weighted by Gasteiger charge is 2.44. The monoisotopic (exact) mass is 474 g/mol. The number of methoxy groups -OCH3 is 2. The summed E-state index contributed by atoms with van der Waals surface area (Å²) in [5.74, 6) is -1.73. The van der Waals surface area contributed by atoms with E-state index in [1.54, 1.807) is 23.2 Å². The van der Waals surface area contributed by atoms with Crippen LogP contribution in [0.2, 0.25) is 0 Å². The first-order chi connectivity index (χ1) is 17.0. The number of esters is 2. The maximum Gasteiger partial charge on any atom is 0.374 e. The standard InChI is InChI=1S/C26H22N2O7/c1-32-25(30)19-21-23(35-24(19)26(31)33-2)17-14-34-13-16(17)22(29)20(18-10-6-7-11-27-18)28(21)12-15-8-4-3-5-9-15/h3-11,13-14,20,22,29H,12H2,1-2H3/t20-,22-/m0/s1. The highest BCUT2D eigenvalue weighted by Crippen LogP contribution is 2.51. The zero-order chi connectivity index (χ0) is 24.5. The molecule has 0 amide bonds. The fourth-order valence-electron chi connectivity index (χ4n) is 4.44. The number of benzene rings is 1. The van der Waals surface area contributed by atoms with Crippen molar-refractivity contribution < 1.29 is 33.0 Å². The molecule has 0 radical (unpaired) electrons. The van der Waals surface area contributed by atoms with Gasteiger partial charge in [0.1, 0.15) is 29.7 Å². The SMILES string of the molecule is COC(=O)c1oc2c(c1C(=O)OC)N(Cc1ccccc1)[C@@H](c1ccccn1)[C@@H](O)c1cocc1-2. The molecule has 0 saturated carbocycles. The third kappa shape index (κ3) is 3.75. The smallest absolute Gasteiger partial charge is 0.374 e. The van der Waals surface area contributed by atoms with Gasteiger partial charge in [-0.05, 0) is 17.7 Å². The third-order valence-electron chi connectivity index (χ3n) is 6.01. The van der Waals surface area contributed by atoms with Crippen LogP contribution in [-0.4, -0.2) is 36.2 Å². The Morgan fingerprint density at radius 1 is 1.03 bits per heavy atom. The molecular formula is C26H22N2O7. The van der Waals surface area contributed by atoms with E-state index in [2.05, 4.69) is 4.98 Å². The lowest BCUT2D eigenvalue weighted by Crippen LogP contribution is -2.33. The molecule has 2 atom stereocenters. The van der Waals surface area contributed by atoms with E-state index in [9.17, 15) is 14.7 Å². The quantitative estimate of drug-likeness (QED) is 0.423. The maximum absolute atomic E-state index is 13.1.